The zero-order valence-corrected chi connectivity index (χ0v) is 28.9. The number of aliphatic carboxylic acids is 2. The number of aliphatic hydroxyl groups excluding tert-OH is 1. The van der Waals surface area contributed by atoms with Gasteiger partial charge in [-0.2, -0.15) is 0 Å². The maximum Gasteiger partial charge on any atom is 0.328 e. The zero-order valence-electron chi connectivity index (χ0n) is 28.9. The number of amides is 3. The van der Waals surface area contributed by atoms with Crippen molar-refractivity contribution in [3.63, 3.8) is 0 Å². The summed E-state index contributed by atoms with van der Waals surface area (Å²) >= 11 is 0. The minimum Gasteiger partial charge on any atom is -0.480 e. The van der Waals surface area contributed by atoms with Crippen LogP contribution in [0.1, 0.15) is 100 Å². The van der Waals surface area contributed by atoms with E-state index >= 15 is 0 Å². The van der Waals surface area contributed by atoms with Crippen molar-refractivity contribution < 1.29 is 39.3 Å². The topological polar surface area (TPSA) is 194 Å². The molecule has 0 bridgehead atoms. The number of rotatable bonds is 23. The van der Waals surface area contributed by atoms with E-state index in [0.29, 0.717) is 6.54 Å². The van der Waals surface area contributed by atoms with Crippen LogP contribution in [0.25, 0.3) is 0 Å². The van der Waals surface area contributed by atoms with Crippen molar-refractivity contribution in [1.29, 1.82) is 0 Å². The standard InChI is InChI=1S/C34H58N4O8/c1-21(2)11-9-12-24(7)13-10-14-25(8)17-18-35-26(33(43)44)15-16-29(40)38-30(23(5)6)32(42)36-27(19-22(3)4)31(41)37-28(20-39)34(45)46/h11,13,17,22-23,26-28,30,35,39H,9-10,12,14-16,18-20H2,1-8H3,(H,36,42)(H,37,41)(H,38,40)(H,43,44)(H,45,46)/b24-13+,25-17+/t26-,27-,28-,30-/m0/s1. The Morgan fingerprint density at radius 2 is 1.22 bits per heavy atom. The molecule has 262 valence electrons. The number of nitrogens with one attached hydrogen (secondary N) is 4. The van der Waals surface area contributed by atoms with Crippen LogP contribution < -0.4 is 21.3 Å². The van der Waals surface area contributed by atoms with Gasteiger partial charge in [0.15, 0.2) is 0 Å². The molecule has 0 rings (SSSR count). The number of carbonyl (C=O) groups excluding carboxylic acids is 3. The van der Waals surface area contributed by atoms with Gasteiger partial charge in [-0.1, -0.05) is 62.6 Å². The van der Waals surface area contributed by atoms with E-state index in [1.165, 1.54) is 11.1 Å². The van der Waals surface area contributed by atoms with Gasteiger partial charge in [0.25, 0.3) is 0 Å². The van der Waals surface area contributed by atoms with E-state index in [1.54, 1.807) is 13.8 Å². The number of hydrogen-bond donors (Lipinski definition) is 7. The third kappa shape index (κ3) is 19.1. The number of carboxylic acid groups (broad SMARTS) is 2. The Hall–Kier alpha value is -3.51. The summed E-state index contributed by atoms with van der Waals surface area (Å²) in [6.45, 7) is 14.9. The molecule has 0 aromatic heterocycles. The van der Waals surface area contributed by atoms with Crippen molar-refractivity contribution in [2.24, 2.45) is 11.8 Å². The molecule has 0 saturated carbocycles. The highest BCUT2D eigenvalue weighted by molar-refractivity contribution is 5.93. The minimum absolute atomic E-state index is 0.00419. The number of carboxylic acids is 2. The van der Waals surface area contributed by atoms with Crippen LogP contribution in [0.5, 0.6) is 0 Å². The lowest BCUT2D eigenvalue weighted by Crippen LogP contribution is -2.57. The molecule has 0 spiro atoms. The molecule has 0 aliphatic heterocycles. The molecule has 0 unspecified atom stereocenters. The van der Waals surface area contributed by atoms with Gasteiger partial charge in [0.2, 0.25) is 17.7 Å². The monoisotopic (exact) mass is 650 g/mol. The van der Waals surface area contributed by atoms with Gasteiger partial charge in [0.1, 0.15) is 24.2 Å². The first-order valence-corrected chi connectivity index (χ1v) is 16.1. The van der Waals surface area contributed by atoms with Gasteiger partial charge in [-0.25, -0.2) is 4.79 Å². The van der Waals surface area contributed by atoms with E-state index < -0.39 is 60.4 Å². The summed E-state index contributed by atoms with van der Waals surface area (Å²) in [4.78, 5) is 61.8. The molecular weight excluding hydrogens is 592 g/mol. The van der Waals surface area contributed by atoms with E-state index in [9.17, 15) is 34.2 Å². The van der Waals surface area contributed by atoms with E-state index in [1.807, 2.05) is 26.8 Å². The lowest BCUT2D eigenvalue weighted by Gasteiger charge is -2.27. The summed E-state index contributed by atoms with van der Waals surface area (Å²) in [5, 5.41) is 38.5. The molecule has 4 atom stereocenters. The van der Waals surface area contributed by atoms with E-state index in [-0.39, 0.29) is 31.1 Å². The maximum atomic E-state index is 13.2. The Bertz CT molecular complexity index is 1090. The minimum atomic E-state index is -1.52. The van der Waals surface area contributed by atoms with Gasteiger partial charge >= 0.3 is 11.9 Å². The lowest BCUT2D eigenvalue weighted by molar-refractivity contribution is -0.143. The molecule has 12 heteroatoms. The largest absolute Gasteiger partial charge is 0.480 e. The summed E-state index contributed by atoms with van der Waals surface area (Å²) in [7, 11) is 0. The second-order valence-electron chi connectivity index (χ2n) is 12.9. The summed E-state index contributed by atoms with van der Waals surface area (Å²) in [6.07, 6.45) is 10.3. The van der Waals surface area contributed by atoms with E-state index in [0.717, 1.165) is 31.3 Å². The highest BCUT2D eigenvalue weighted by atomic mass is 16.4. The molecule has 46 heavy (non-hydrogen) atoms. The molecule has 0 aliphatic rings. The van der Waals surface area contributed by atoms with Crippen LogP contribution >= 0.6 is 0 Å². The summed E-state index contributed by atoms with van der Waals surface area (Å²) in [5.74, 6) is -4.82. The molecule has 12 nitrogen and oxygen atoms in total. The third-order valence-corrected chi connectivity index (χ3v) is 7.30. The van der Waals surface area contributed by atoms with Crippen molar-refractivity contribution in [3.8, 4) is 0 Å². The van der Waals surface area contributed by atoms with Crippen LogP contribution in [-0.4, -0.2) is 82.3 Å². The smallest absolute Gasteiger partial charge is 0.328 e. The third-order valence-electron chi connectivity index (χ3n) is 7.30. The van der Waals surface area contributed by atoms with Crippen LogP contribution in [0, 0.1) is 11.8 Å². The highest BCUT2D eigenvalue weighted by Gasteiger charge is 2.31. The summed E-state index contributed by atoms with van der Waals surface area (Å²) < 4.78 is 0. The summed E-state index contributed by atoms with van der Waals surface area (Å²) in [5.41, 5.74) is 3.79. The van der Waals surface area contributed by atoms with Crippen LogP contribution in [0.2, 0.25) is 0 Å². The van der Waals surface area contributed by atoms with Crippen molar-refractivity contribution in [2.45, 2.75) is 125 Å². The molecule has 7 N–H and O–H groups in total. The van der Waals surface area contributed by atoms with E-state index in [2.05, 4.69) is 54.2 Å². The van der Waals surface area contributed by atoms with Crippen molar-refractivity contribution in [1.82, 2.24) is 21.3 Å². The maximum absolute atomic E-state index is 13.2. The number of hydrogen-bond acceptors (Lipinski definition) is 7. The van der Waals surface area contributed by atoms with Crippen molar-refractivity contribution in [2.75, 3.05) is 13.2 Å². The van der Waals surface area contributed by atoms with E-state index in [4.69, 9.17) is 5.11 Å². The molecular formula is C34H58N4O8. The second kappa shape index (κ2) is 22.9. The molecule has 3 amide bonds. The van der Waals surface area contributed by atoms with Crippen LogP contribution in [-0.2, 0) is 24.0 Å². The van der Waals surface area contributed by atoms with Crippen molar-refractivity contribution >= 4 is 29.7 Å². The molecule has 0 radical (unpaired) electrons. The Balaban J connectivity index is 5.10. The first-order valence-electron chi connectivity index (χ1n) is 16.1. The first kappa shape index (κ1) is 42.5. The lowest BCUT2D eigenvalue weighted by atomic mass is 9.99. The van der Waals surface area contributed by atoms with Gasteiger partial charge in [-0.05, 0) is 78.1 Å². The second-order valence-corrected chi connectivity index (χ2v) is 12.9. The average molecular weight is 651 g/mol. The molecule has 0 heterocycles. The Kier molecular flexibility index (Phi) is 21.2. The normalized spacial score (nSPS) is 14.7. The van der Waals surface area contributed by atoms with Gasteiger partial charge in [-0.3, -0.25) is 19.2 Å². The van der Waals surface area contributed by atoms with Crippen LogP contribution in [0.3, 0.4) is 0 Å². The quantitative estimate of drug-likeness (QED) is 0.0811. The number of aliphatic hydroxyl groups is 1. The zero-order chi connectivity index (χ0) is 35.4. The fourth-order valence-corrected chi connectivity index (χ4v) is 4.51. The Morgan fingerprint density at radius 1 is 0.674 bits per heavy atom. The number of allylic oxidation sites excluding steroid dienone is 5. The molecule has 0 aromatic rings. The van der Waals surface area contributed by atoms with Crippen LogP contribution in [0.4, 0.5) is 0 Å². The summed E-state index contributed by atoms with van der Waals surface area (Å²) in [6, 6.07) is -4.60. The molecule has 0 fully saturated rings. The SMILES string of the molecule is CC(C)=CCC/C(C)=C/CC/C(C)=C/CN[C@@H](CCC(=O)N[C@H](C(=O)N[C@@H](CC(C)C)C(=O)N[C@@H](CO)C(=O)O)C(C)C)C(=O)O. The predicted molar refractivity (Wildman–Crippen MR) is 179 cm³/mol. The molecule has 0 aromatic carbocycles. The Labute approximate surface area is 274 Å². The van der Waals surface area contributed by atoms with Gasteiger partial charge in [0, 0.05) is 13.0 Å². The highest BCUT2D eigenvalue weighted by Crippen LogP contribution is 2.12. The average Bonchev–Trinajstić information content (AvgIpc) is 2.94. The van der Waals surface area contributed by atoms with Crippen LogP contribution in [0.15, 0.2) is 34.9 Å². The predicted octanol–water partition coefficient (Wildman–Crippen LogP) is 3.46. The van der Waals surface area contributed by atoms with Crippen molar-refractivity contribution in [3.05, 3.63) is 34.9 Å². The fourth-order valence-electron chi connectivity index (χ4n) is 4.51. The van der Waals surface area contributed by atoms with Gasteiger partial charge in [0.05, 0.1) is 6.61 Å². The van der Waals surface area contributed by atoms with Gasteiger partial charge < -0.3 is 36.6 Å². The molecule has 0 aliphatic carbocycles. The fraction of sp³-hybridized carbons (Fsp3) is 0.676. The van der Waals surface area contributed by atoms with Gasteiger partial charge in [-0.15, -0.1) is 0 Å². The number of carbonyl (C=O) groups is 5. The Morgan fingerprint density at radius 3 is 1.72 bits per heavy atom. The molecule has 0 saturated heterocycles. The first-order chi connectivity index (χ1) is 21.5.